The van der Waals surface area contributed by atoms with Crippen molar-refractivity contribution in [3.05, 3.63) is 29.3 Å². The summed E-state index contributed by atoms with van der Waals surface area (Å²) in [6, 6.07) is 5.97. The highest BCUT2D eigenvalue weighted by molar-refractivity contribution is 5.95. The van der Waals surface area contributed by atoms with Gasteiger partial charge in [0.15, 0.2) is 0 Å². The molecule has 27 heavy (non-hydrogen) atoms. The Morgan fingerprint density at radius 1 is 1.07 bits per heavy atom. The highest BCUT2D eigenvalue weighted by Crippen LogP contribution is 2.28. The van der Waals surface area contributed by atoms with Crippen LogP contribution >= 0.6 is 0 Å². The van der Waals surface area contributed by atoms with Gasteiger partial charge in [-0.1, -0.05) is 26.7 Å². The highest BCUT2D eigenvalue weighted by Gasteiger charge is 2.27. The number of rotatable bonds is 4. The molecule has 0 atom stereocenters. The molecule has 6 heteroatoms. The molecule has 148 valence electrons. The van der Waals surface area contributed by atoms with Gasteiger partial charge in [0.1, 0.15) is 5.75 Å². The second kappa shape index (κ2) is 8.63. The third kappa shape index (κ3) is 4.54. The monoisotopic (exact) mass is 373 g/mol. The number of carbonyl (C=O) groups excluding carboxylic acids is 2. The fourth-order valence-electron chi connectivity index (χ4n) is 3.95. The van der Waals surface area contributed by atoms with Crippen molar-refractivity contribution in [1.82, 2.24) is 15.1 Å². The van der Waals surface area contributed by atoms with Gasteiger partial charge >= 0.3 is 6.03 Å². The molecule has 3 amide bonds. The van der Waals surface area contributed by atoms with Crippen LogP contribution in [0.3, 0.4) is 0 Å². The topological polar surface area (TPSA) is 61.9 Å². The molecule has 2 aliphatic rings. The number of nitrogens with one attached hydrogen (secondary N) is 1. The van der Waals surface area contributed by atoms with Crippen molar-refractivity contribution in [3.8, 4) is 5.75 Å². The van der Waals surface area contributed by atoms with Gasteiger partial charge in [0, 0.05) is 37.8 Å². The number of hydrogen-bond donors (Lipinski definition) is 1. The van der Waals surface area contributed by atoms with Gasteiger partial charge in [-0.05, 0) is 42.5 Å². The van der Waals surface area contributed by atoms with Gasteiger partial charge in [0.05, 0.1) is 7.11 Å². The van der Waals surface area contributed by atoms with Gasteiger partial charge in [-0.3, -0.25) is 4.79 Å². The Bertz CT molecular complexity index is 675. The molecular weight excluding hydrogens is 342 g/mol. The van der Waals surface area contributed by atoms with Gasteiger partial charge in [-0.25, -0.2) is 4.79 Å². The molecule has 2 fully saturated rings. The van der Waals surface area contributed by atoms with E-state index in [1.54, 1.807) is 7.11 Å². The van der Waals surface area contributed by atoms with Crippen LogP contribution in [0.25, 0.3) is 0 Å². The average Bonchev–Trinajstić information content (AvgIpc) is 3.20. The first-order chi connectivity index (χ1) is 13.0. The summed E-state index contributed by atoms with van der Waals surface area (Å²) in [6.45, 7) is 6.48. The fraction of sp³-hybridized carbons (Fsp3) is 0.619. The maximum absolute atomic E-state index is 12.9. The normalized spacial score (nSPS) is 18.1. The molecule has 0 unspecified atom stereocenters. The minimum atomic E-state index is 0.0144. The van der Waals surface area contributed by atoms with E-state index in [1.165, 1.54) is 12.8 Å². The summed E-state index contributed by atoms with van der Waals surface area (Å²) in [4.78, 5) is 29.0. The molecule has 6 nitrogen and oxygen atoms in total. The number of urea groups is 1. The van der Waals surface area contributed by atoms with Crippen LogP contribution in [-0.4, -0.2) is 61.1 Å². The van der Waals surface area contributed by atoms with Crippen molar-refractivity contribution < 1.29 is 14.3 Å². The molecule has 3 rings (SSSR count). The fourth-order valence-corrected chi connectivity index (χ4v) is 3.95. The quantitative estimate of drug-likeness (QED) is 0.881. The molecule has 1 aromatic rings. The molecule has 0 aromatic heterocycles. The summed E-state index contributed by atoms with van der Waals surface area (Å²) >= 11 is 0. The van der Waals surface area contributed by atoms with Crippen molar-refractivity contribution in [2.24, 2.45) is 0 Å². The second-order valence-corrected chi connectivity index (χ2v) is 7.82. The maximum atomic E-state index is 12.9. The number of nitrogens with zero attached hydrogens (tertiary/aromatic N) is 2. The molecule has 1 aliphatic heterocycles. The van der Waals surface area contributed by atoms with E-state index in [-0.39, 0.29) is 17.9 Å². The average molecular weight is 373 g/mol. The second-order valence-electron chi connectivity index (χ2n) is 7.82. The number of amides is 3. The van der Waals surface area contributed by atoms with Crippen LogP contribution in [0.1, 0.15) is 61.4 Å². The van der Waals surface area contributed by atoms with E-state index >= 15 is 0 Å². The zero-order valence-corrected chi connectivity index (χ0v) is 16.7. The summed E-state index contributed by atoms with van der Waals surface area (Å²) in [5, 5.41) is 3.13. The van der Waals surface area contributed by atoms with Crippen molar-refractivity contribution in [3.63, 3.8) is 0 Å². The Morgan fingerprint density at radius 3 is 2.30 bits per heavy atom. The van der Waals surface area contributed by atoms with E-state index in [9.17, 15) is 9.59 Å². The number of methoxy groups -OCH3 is 1. The standard InChI is InChI=1S/C21H31N3O3/c1-15(2)18-14-16(8-9-19(18)27-3)20(25)23-10-12-24(13-11-23)21(26)22-17-6-4-5-7-17/h8-9,14-15,17H,4-7,10-13H2,1-3H3,(H,22,26). The molecule has 1 saturated carbocycles. The third-order valence-corrected chi connectivity index (χ3v) is 5.64. The number of ether oxygens (including phenoxy) is 1. The first-order valence-electron chi connectivity index (χ1n) is 10.0. The lowest BCUT2D eigenvalue weighted by atomic mass is 9.99. The van der Waals surface area contributed by atoms with Crippen molar-refractivity contribution in [2.75, 3.05) is 33.3 Å². The molecule has 0 spiro atoms. The van der Waals surface area contributed by atoms with Crippen LogP contribution in [0, 0.1) is 0 Å². The molecule has 1 aromatic carbocycles. The Kier molecular flexibility index (Phi) is 6.24. The Morgan fingerprint density at radius 2 is 1.70 bits per heavy atom. The predicted molar refractivity (Wildman–Crippen MR) is 105 cm³/mol. The minimum absolute atomic E-state index is 0.0144. The summed E-state index contributed by atoms with van der Waals surface area (Å²) < 4.78 is 5.41. The van der Waals surface area contributed by atoms with Gasteiger partial charge < -0.3 is 19.9 Å². The van der Waals surface area contributed by atoms with Crippen molar-refractivity contribution in [2.45, 2.75) is 51.5 Å². The first kappa shape index (κ1) is 19.5. The van der Waals surface area contributed by atoms with E-state index < -0.39 is 0 Å². The van der Waals surface area contributed by atoms with E-state index in [2.05, 4.69) is 19.2 Å². The van der Waals surface area contributed by atoms with Gasteiger partial charge in [-0.15, -0.1) is 0 Å². The molecule has 0 radical (unpaired) electrons. The van der Waals surface area contributed by atoms with E-state index in [0.717, 1.165) is 24.2 Å². The van der Waals surface area contributed by atoms with Crippen molar-refractivity contribution in [1.29, 1.82) is 0 Å². The molecular formula is C21H31N3O3. The molecule has 1 N–H and O–H groups in total. The van der Waals surface area contributed by atoms with E-state index in [0.29, 0.717) is 37.8 Å². The lowest BCUT2D eigenvalue weighted by Gasteiger charge is -2.35. The lowest BCUT2D eigenvalue weighted by molar-refractivity contribution is 0.0663. The Hall–Kier alpha value is -2.24. The SMILES string of the molecule is COc1ccc(C(=O)N2CCN(C(=O)NC3CCCC3)CC2)cc1C(C)C. The van der Waals surface area contributed by atoms with Gasteiger partial charge in [0.25, 0.3) is 5.91 Å². The first-order valence-corrected chi connectivity index (χ1v) is 10.0. The van der Waals surface area contributed by atoms with Gasteiger partial charge in [-0.2, -0.15) is 0 Å². The Balaban J connectivity index is 1.58. The number of hydrogen-bond acceptors (Lipinski definition) is 3. The Labute approximate surface area is 161 Å². The zero-order valence-electron chi connectivity index (χ0n) is 16.7. The number of benzene rings is 1. The lowest BCUT2D eigenvalue weighted by Crippen LogP contribution is -2.54. The summed E-state index contributed by atoms with van der Waals surface area (Å²) in [6.07, 6.45) is 4.57. The van der Waals surface area contributed by atoms with Crippen LogP contribution in [0.4, 0.5) is 4.79 Å². The number of carbonyl (C=O) groups is 2. The highest BCUT2D eigenvalue weighted by atomic mass is 16.5. The van der Waals surface area contributed by atoms with Crippen LogP contribution in [0.5, 0.6) is 5.75 Å². The van der Waals surface area contributed by atoms with Crippen LogP contribution < -0.4 is 10.1 Å². The van der Waals surface area contributed by atoms with Crippen LogP contribution in [0.15, 0.2) is 18.2 Å². The zero-order chi connectivity index (χ0) is 19.4. The smallest absolute Gasteiger partial charge is 0.317 e. The minimum Gasteiger partial charge on any atom is -0.496 e. The van der Waals surface area contributed by atoms with Gasteiger partial charge in [0.2, 0.25) is 0 Å². The molecule has 1 saturated heterocycles. The molecule has 0 bridgehead atoms. The number of piperazine rings is 1. The molecule has 1 heterocycles. The van der Waals surface area contributed by atoms with Crippen LogP contribution in [0.2, 0.25) is 0 Å². The molecule has 1 aliphatic carbocycles. The predicted octanol–water partition coefficient (Wildman–Crippen LogP) is 3.23. The van der Waals surface area contributed by atoms with E-state index in [4.69, 9.17) is 4.74 Å². The summed E-state index contributed by atoms with van der Waals surface area (Å²) in [5.74, 6) is 1.12. The summed E-state index contributed by atoms with van der Waals surface area (Å²) in [5.41, 5.74) is 1.72. The van der Waals surface area contributed by atoms with Crippen LogP contribution in [-0.2, 0) is 0 Å². The van der Waals surface area contributed by atoms with Crippen molar-refractivity contribution >= 4 is 11.9 Å². The summed E-state index contributed by atoms with van der Waals surface area (Å²) in [7, 11) is 1.65. The largest absolute Gasteiger partial charge is 0.496 e. The van der Waals surface area contributed by atoms with E-state index in [1.807, 2.05) is 28.0 Å². The maximum Gasteiger partial charge on any atom is 0.317 e. The third-order valence-electron chi connectivity index (χ3n) is 5.64.